The van der Waals surface area contributed by atoms with Gasteiger partial charge in [0.05, 0.1) is 19.6 Å². The molecule has 6 nitrogen and oxygen atoms in total. The van der Waals surface area contributed by atoms with Crippen LogP contribution in [0.2, 0.25) is 0 Å². The van der Waals surface area contributed by atoms with E-state index in [1.807, 2.05) is 13.8 Å². The minimum Gasteiger partial charge on any atom is -0.466 e. The number of esters is 2. The fourth-order valence-electron chi connectivity index (χ4n) is 1.41. The molecule has 0 rings (SSSR count). The average molecular weight is 287 g/mol. The number of unbranched alkanes of at least 4 members (excludes halogenated alkanes) is 2. The summed E-state index contributed by atoms with van der Waals surface area (Å²) >= 11 is 0. The van der Waals surface area contributed by atoms with E-state index in [0.29, 0.717) is 6.61 Å². The highest BCUT2D eigenvalue weighted by Crippen LogP contribution is 2.01. The summed E-state index contributed by atoms with van der Waals surface area (Å²) in [5.41, 5.74) is 0. The Morgan fingerprint density at radius 3 is 2.05 bits per heavy atom. The third-order valence-electron chi connectivity index (χ3n) is 2.54. The molecule has 0 saturated heterocycles. The van der Waals surface area contributed by atoms with Crippen molar-refractivity contribution >= 4 is 17.8 Å². The van der Waals surface area contributed by atoms with E-state index in [1.165, 1.54) is 6.92 Å². The molecule has 0 heterocycles. The zero-order valence-electron chi connectivity index (χ0n) is 12.6. The molecule has 0 bridgehead atoms. The van der Waals surface area contributed by atoms with E-state index in [1.54, 1.807) is 0 Å². The van der Waals surface area contributed by atoms with Crippen molar-refractivity contribution in [1.29, 1.82) is 0 Å². The Labute approximate surface area is 120 Å². The maximum absolute atomic E-state index is 11.8. The van der Waals surface area contributed by atoms with Gasteiger partial charge in [0.25, 0.3) is 0 Å². The van der Waals surface area contributed by atoms with Crippen LogP contribution < -0.4 is 5.32 Å². The van der Waals surface area contributed by atoms with Crippen LogP contribution in [0.4, 0.5) is 0 Å². The first-order valence-corrected chi connectivity index (χ1v) is 7.10. The van der Waals surface area contributed by atoms with Crippen LogP contribution in [0.25, 0.3) is 0 Å². The van der Waals surface area contributed by atoms with Gasteiger partial charge in [-0.05, 0) is 12.8 Å². The van der Waals surface area contributed by atoms with Gasteiger partial charge in [0.15, 0.2) is 0 Å². The van der Waals surface area contributed by atoms with Crippen molar-refractivity contribution < 1.29 is 23.9 Å². The van der Waals surface area contributed by atoms with Crippen LogP contribution in [-0.2, 0) is 23.9 Å². The number of amides is 1. The van der Waals surface area contributed by atoms with Crippen LogP contribution in [-0.4, -0.2) is 37.1 Å². The minimum atomic E-state index is -0.974. The second kappa shape index (κ2) is 11.3. The largest absolute Gasteiger partial charge is 0.466 e. The Hall–Kier alpha value is -1.59. The number of carbonyl (C=O) groups is 3. The van der Waals surface area contributed by atoms with E-state index in [-0.39, 0.29) is 18.9 Å². The number of ether oxygens (including phenoxy) is 2. The smallest absolute Gasteiger partial charge is 0.329 e. The van der Waals surface area contributed by atoms with Gasteiger partial charge in [-0.3, -0.25) is 9.59 Å². The molecule has 0 aromatic heterocycles. The zero-order valence-corrected chi connectivity index (χ0v) is 12.6. The van der Waals surface area contributed by atoms with Crippen molar-refractivity contribution in [3.63, 3.8) is 0 Å². The van der Waals surface area contributed by atoms with Crippen molar-refractivity contribution in [2.45, 2.75) is 58.9 Å². The maximum Gasteiger partial charge on any atom is 0.329 e. The van der Waals surface area contributed by atoms with E-state index in [4.69, 9.17) is 9.47 Å². The van der Waals surface area contributed by atoms with E-state index in [0.717, 1.165) is 25.7 Å². The van der Waals surface area contributed by atoms with Crippen molar-refractivity contribution in [2.75, 3.05) is 13.2 Å². The highest BCUT2D eigenvalue weighted by atomic mass is 16.5. The molecule has 6 heteroatoms. The zero-order chi connectivity index (χ0) is 15.4. The van der Waals surface area contributed by atoms with Crippen molar-refractivity contribution in [1.82, 2.24) is 5.32 Å². The maximum atomic E-state index is 11.8. The standard InChI is InChI=1S/C14H25NO5/c1-4-6-8-19-13(17)10-12(15-11(3)16)14(18)20-9-7-5-2/h12H,4-10H2,1-3H3,(H,15,16). The summed E-state index contributed by atoms with van der Waals surface area (Å²) in [6, 6.07) is -0.974. The van der Waals surface area contributed by atoms with Gasteiger partial charge in [0.2, 0.25) is 5.91 Å². The second-order valence-electron chi connectivity index (χ2n) is 4.55. The van der Waals surface area contributed by atoms with Gasteiger partial charge in [-0.15, -0.1) is 0 Å². The predicted molar refractivity (Wildman–Crippen MR) is 74.0 cm³/mol. The van der Waals surface area contributed by atoms with E-state index >= 15 is 0 Å². The Kier molecular flexibility index (Phi) is 10.4. The van der Waals surface area contributed by atoms with Crippen molar-refractivity contribution in [3.8, 4) is 0 Å². The first kappa shape index (κ1) is 18.4. The number of hydrogen-bond donors (Lipinski definition) is 1. The second-order valence-corrected chi connectivity index (χ2v) is 4.55. The quantitative estimate of drug-likeness (QED) is 0.487. The molecule has 0 spiro atoms. The first-order valence-electron chi connectivity index (χ1n) is 7.10. The summed E-state index contributed by atoms with van der Waals surface area (Å²) < 4.78 is 9.98. The monoisotopic (exact) mass is 287 g/mol. The van der Waals surface area contributed by atoms with Crippen LogP contribution in [0.3, 0.4) is 0 Å². The number of rotatable bonds is 10. The van der Waals surface area contributed by atoms with Crippen molar-refractivity contribution in [2.24, 2.45) is 0 Å². The van der Waals surface area contributed by atoms with Gasteiger partial charge in [-0.2, -0.15) is 0 Å². The average Bonchev–Trinajstić information content (AvgIpc) is 2.38. The van der Waals surface area contributed by atoms with Crippen LogP contribution >= 0.6 is 0 Å². The summed E-state index contributed by atoms with van der Waals surface area (Å²) in [7, 11) is 0. The fourth-order valence-corrected chi connectivity index (χ4v) is 1.41. The number of hydrogen-bond acceptors (Lipinski definition) is 5. The van der Waals surface area contributed by atoms with E-state index in [9.17, 15) is 14.4 Å². The number of nitrogens with one attached hydrogen (secondary N) is 1. The molecule has 1 unspecified atom stereocenters. The molecule has 0 saturated carbocycles. The molecule has 0 aliphatic rings. The molecule has 1 amide bonds. The molecular weight excluding hydrogens is 262 g/mol. The summed E-state index contributed by atoms with van der Waals surface area (Å²) in [5, 5.41) is 2.41. The predicted octanol–water partition coefficient (Wildman–Crippen LogP) is 1.57. The highest BCUT2D eigenvalue weighted by molar-refractivity contribution is 5.87. The van der Waals surface area contributed by atoms with Crippen LogP contribution in [0.15, 0.2) is 0 Å². The minimum absolute atomic E-state index is 0.200. The van der Waals surface area contributed by atoms with E-state index in [2.05, 4.69) is 5.32 Å². The third-order valence-corrected chi connectivity index (χ3v) is 2.54. The van der Waals surface area contributed by atoms with Crippen LogP contribution in [0.1, 0.15) is 52.9 Å². The summed E-state index contributed by atoms with van der Waals surface area (Å²) in [6.07, 6.45) is 3.14. The highest BCUT2D eigenvalue weighted by Gasteiger charge is 2.24. The molecule has 116 valence electrons. The Balaban J connectivity index is 4.28. The van der Waals surface area contributed by atoms with Crippen LogP contribution in [0, 0.1) is 0 Å². The fraction of sp³-hybridized carbons (Fsp3) is 0.786. The Morgan fingerprint density at radius 2 is 1.55 bits per heavy atom. The summed E-state index contributed by atoms with van der Waals surface area (Å²) in [5.74, 6) is -1.49. The van der Waals surface area contributed by atoms with Gasteiger partial charge in [0.1, 0.15) is 6.04 Å². The third kappa shape index (κ3) is 9.35. The molecule has 1 atom stereocenters. The van der Waals surface area contributed by atoms with Gasteiger partial charge in [0, 0.05) is 6.92 Å². The molecule has 0 radical (unpaired) electrons. The Bertz CT molecular complexity index is 317. The SMILES string of the molecule is CCCCOC(=O)CC(NC(C)=O)C(=O)OCCCC. The lowest BCUT2D eigenvalue weighted by molar-refractivity contribution is -0.153. The van der Waals surface area contributed by atoms with Crippen molar-refractivity contribution in [3.05, 3.63) is 0 Å². The van der Waals surface area contributed by atoms with Gasteiger partial charge in [-0.1, -0.05) is 26.7 Å². The molecule has 0 aromatic carbocycles. The molecular formula is C14H25NO5. The normalized spacial score (nSPS) is 11.6. The van der Waals surface area contributed by atoms with Gasteiger partial charge in [-0.25, -0.2) is 4.79 Å². The molecule has 20 heavy (non-hydrogen) atoms. The summed E-state index contributed by atoms with van der Waals surface area (Å²) in [4.78, 5) is 34.4. The molecule has 0 aliphatic heterocycles. The lowest BCUT2D eigenvalue weighted by Gasteiger charge is -2.16. The molecule has 0 aliphatic carbocycles. The van der Waals surface area contributed by atoms with Gasteiger partial charge >= 0.3 is 11.9 Å². The molecule has 0 aromatic rings. The summed E-state index contributed by atoms with van der Waals surface area (Å²) in [6.45, 7) is 5.86. The Morgan fingerprint density at radius 1 is 1.00 bits per heavy atom. The molecule has 1 N–H and O–H groups in total. The topological polar surface area (TPSA) is 81.7 Å². The number of carbonyl (C=O) groups excluding carboxylic acids is 3. The lowest BCUT2D eigenvalue weighted by Crippen LogP contribution is -2.42. The van der Waals surface area contributed by atoms with Crippen LogP contribution in [0.5, 0.6) is 0 Å². The van der Waals surface area contributed by atoms with Gasteiger partial charge < -0.3 is 14.8 Å². The molecule has 0 fully saturated rings. The first-order chi connectivity index (χ1) is 9.51. The lowest BCUT2D eigenvalue weighted by atomic mass is 10.2. The van der Waals surface area contributed by atoms with E-state index < -0.39 is 18.0 Å².